The highest BCUT2D eigenvalue weighted by atomic mass is 79.9. The molecular formula is C11H16BrNO3S. The standard InChI is InChI=1S/C11H16BrNO3S/c1-9(6-7-16-2)13-17(14,15)11-5-3-4-10(12)8-11/h3-5,8-9,13H,6-7H2,1-2H3. The van der Waals surface area contributed by atoms with Crippen molar-refractivity contribution in [2.75, 3.05) is 13.7 Å². The molecule has 1 aromatic rings. The van der Waals surface area contributed by atoms with Crippen LogP contribution in [-0.4, -0.2) is 28.2 Å². The molecule has 0 bridgehead atoms. The molecule has 0 saturated carbocycles. The largest absolute Gasteiger partial charge is 0.385 e. The first-order valence-corrected chi connectivity index (χ1v) is 7.50. The van der Waals surface area contributed by atoms with Crippen molar-refractivity contribution in [2.45, 2.75) is 24.3 Å². The molecule has 1 aromatic carbocycles. The fraction of sp³-hybridized carbons (Fsp3) is 0.455. The minimum atomic E-state index is -3.45. The van der Waals surface area contributed by atoms with Crippen LogP contribution in [0.1, 0.15) is 13.3 Å². The van der Waals surface area contributed by atoms with E-state index in [-0.39, 0.29) is 10.9 Å². The van der Waals surface area contributed by atoms with E-state index in [2.05, 4.69) is 20.7 Å². The van der Waals surface area contributed by atoms with E-state index in [4.69, 9.17) is 4.74 Å². The molecule has 1 atom stereocenters. The predicted molar refractivity (Wildman–Crippen MR) is 70.4 cm³/mol. The first-order valence-electron chi connectivity index (χ1n) is 5.22. The van der Waals surface area contributed by atoms with Gasteiger partial charge >= 0.3 is 0 Å². The molecule has 0 fully saturated rings. The number of hydrogen-bond acceptors (Lipinski definition) is 3. The van der Waals surface area contributed by atoms with Gasteiger partial charge in [-0.05, 0) is 31.5 Å². The van der Waals surface area contributed by atoms with Gasteiger partial charge in [0.05, 0.1) is 4.90 Å². The zero-order valence-electron chi connectivity index (χ0n) is 9.81. The minimum absolute atomic E-state index is 0.154. The number of halogens is 1. The SMILES string of the molecule is COCCC(C)NS(=O)(=O)c1cccc(Br)c1. The van der Waals surface area contributed by atoms with Crippen LogP contribution in [0.5, 0.6) is 0 Å². The van der Waals surface area contributed by atoms with Crippen LogP contribution in [0.2, 0.25) is 0 Å². The predicted octanol–water partition coefficient (Wildman–Crippen LogP) is 2.15. The Morgan fingerprint density at radius 3 is 2.76 bits per heavy atom. The van der Waals surface area contributed by atoms with Crippen molar-refractivity contribution in [1.29, 1.82) is 0 Å². The molecule has 0 aliphatic carbocycles. The zero-order chi connectivity index (χ0) is 12.9. The highest BCUT2D eigenvalue weighted by Crippen LogP contribution is 2.16. The molecule has 0 saturated heterocycles. The maximum Gasteiger partial charge on any atom is 0.240 e. The summed E-state index contributed by atoms with van der Waals surface area (Å²) in [5, 5.41) is 0. The first kappa shape index (κ1) is 14.6. The molecule has 96 valence electrons. The van der Waals surface area contributed by atoms with Crippen molar-refractivity contribution in [3.8, 4) is 0 Å². The van der Waals surface area contributed by atoms with Gasteiger partial charge in [-0.1, -0.05) is 22.0 Å². The molecule has 0 radical (unpaired) electrons. The van der Waals surface area contributed by atoms with Crippen LogP contribution in [-0.2, 0) is 14.8 Å². The second-order valence-electron chi connectivity index (χ2n) is 3.76. The lowest BCUT2D eigenvalue weighted by molar-refractivity contribution is 0.188. The van der Waals surface area contributed by atoms with E-state index in [1.54, 1.807) is 31.4 Å². The van der Waals surface area contributed by atoms with Gasteiger partial charge in [0.25, 0.3) is 0 Å². The lowest BCUT2D eigenvalue weighted by Crippen LogP contribution is -2.33. The number of hydrogen-bond donors (Lipinski definition) is 1. The summed E-state index contributed by atoms with van der Waals surface area (Å²) in [5.41, 5.74) is 0. The molecule has 0 aromatic heterocycles. The van der Waals surface area contributed by atoms with Gasteiger partial charge in [-0.15, -0.1) is 0 Å². The summed E-state index contributed by atoms with van der Waals surface area (Å²) >= 11 is 3.25. The number of rotatable bonds is 6. The van der Waals surface area contributed by atoms with Gasteiger partial charge in [-0.2, -0.15) is 0 Å². The maximum atomic E-state index is 12.0. The molecule has 0 spiro atoms. The zero-order valence-corrected chi connectivity index (χ0v) is 12.2. The van der Waals surface area contributed by atoms with Crippen LogP contribution < -0.4 is 4.72 Å². The molecule has 0 heterocycles. The number of nitrogens with one attached hydrogen (secondary N) is 1. The van der Waals surface area contributed by atoms with E-state index in [9.17, 15) is 8.42 Å². The molecule has 1 N–H and O–H groups in total. The number of benzene rings is 1. The highest BCUT2D eigenvalue weighted by Gasteiger charge is 2.17. The summed E-state index contributed by atoms with van der Waals surface area (Å²) in [5.74, 6) is 0. The lowest BCUT2D eigenvalue weighted by atomic mass is 10.3. The number of ether oxygens (including phenoxy) is 1. The van der Waals surface area contributed by atoms with Gasteiger partial charge in [-0.25, -0.2) is 13.1 Å². The van der Waals surface area contributed by atoms with E-state index < -0.39 is 10.0 Å². The average molecular weight is 322 g/mol. The van der Waals surface area contributed by atoms with E-state index in [0.29, 0.717) is 13.0 Å². The van der Waals surface area contributed by atoms with Crippen LogP contribution in [0, 0.1) is 0 Å². The van der Waals surface area contributed by atoms with Crippen molar-refractivity contribution < 1.29 is 13.2 Å². The fourth-order valence-electron chi connectivity index (χ4n) is 1.32. The fourth-order valence-corrected chi connectivity index (χ4v) is 3.19. The summed E-state index contributed by atoms with van der Waals surface area (Å²) < 4.78 is 32.2. The summed E-state index contributed by atoms with van der Waals surface area (Å²) in [6.45, 7) is 2.34. The molecule has 0 aliphatic heterocycles. The van der Waals surface area contributed by atoms with E-state index >= 15 is 0 Å². The van der Waals surface area contributed by atoms with Crippen molar-refractivity contribution in [3.05, 3.63) is 28.7 Å². The molecule has 6 heteroatoms. The molecule has 4 nitrogen and oxygen atoms in total. The molecular weight excluding hydrogens is 306 g/mol. The Morgan fingerprint density at radius 1 is 1.47 bits per heavy atom. The Bertz CT molecular complexity index is 462. The summed E-state index contributed by atoms with van der Waals surface area (Å²) in [7, 11) is -1.86. The van der Waals surface area contributed by atoms with Crippen LogP contribution in [0.15, 0.2) is 33.6 Å². The summed E-state index contributed by atoms with van der Waals surface area (Å²) in [6.07, 6.45) is 0.643. The monoisotopic (exact) mass is 321 g/mol. The molecule has 17 heavy (non-hydrogen) atoms. The van der Waals surface area contributed by atoms with Crippen molar-refractivity contribution in [3.63, 3.8) is 0 Å². The van der Waals surface area contributed by atoms with Gasteiger partial charge in [0.2, 0.25) is 10.0 Å². The minimum Gasteiger partial charge on any atom is -0.385 e. The van der Waals surface area contributed by atoms with Crippen LogP contribution in [0.4, 0.5) is 0 Å². The second-order valence-corrected chi connectivity index (χ2v) is 6.39. The van der Waals surface area contributed by atoms with E-state index in [0.717, 1.165) is 4.47 Å². The van der Waals surface area contributed by atoms with Gasteiger partial charge in [0, 0.05) is 24.2 Å². The summed E-state index contributed by atoms with van der Waals surface area (Å²) in [6, 6.07) is 6.46. The van der Waals surface area contributed by atoms with Crippen LogP contribution in [0.25, 0.3) is 0 Å². The Morgan fingerprint density at radius 2 is 2.18 bits per heavy atom. The second kappa shape index (κ2) is 6.49. The Balaban J connectivity index is 2.75. The van der Waals surface area contributed by atoms with Crippen molar-refractivity contribution >= 4 is 26.0 Å². The first-order chi connectivity index (χ1) is 7.95. The maximum absolute atomic E-state index is 12.0. The third-order valence-electron chi connectivity index (χ3n) is 2.22. The van der Waals surface area contributed by atoms with Gasteiger partial charge in [-0.3, -0.25) is 0 Å². The third-order valence-corrected chi connectivity index (χ3v) is 4.30. The quantitative estimate of drug-likeness (QED) is 0.873. The number of methoxy groups -OCH3 is 1. The van der Waals surface area contributed by atoms with Gasteiger partial charge < -0.3 is 4.74 Å². The third kappa shape index (κ3) is 4.75. The number of sulfonamides is 1. The molecule has 1 unspecified atom stereocenters. The van der Waals surface area contributed by atoms with Crippen LogP contribution in [0.3, 0.4) is 0 Å². The van der Waals surface area contributed by atoms with E-state index in [1.807, 2.05) is 6.92 Å². The topological polar surface area (TPSA) is 55.4 Å². The Hall–Kier alpha value is -0.430. The molecule has 0 amide bonds. The summed E-state index contributed by atoms with van der Waals surface area (Å²) in [4.78, 5) is 0.260. The Kier molecular flexibility index (Phi) is 5.58. The molecule has 1 rings (SSSR count). The van der Waals surface area contributed by atoms with Gasteiger partial charge in [0.15, 0.2) is 0 Å². The van der Waals surface area contributed by atoms with Crippen molar-refractivity contribution in [1.82, 2.24) is 4.72 Å². The smallest absolute Gasteiger partial charge is 0.240 e. The lowest BCUT2D eigenvalue weighted by Gasteiger charge is -2.13. The average Bonchev–Trinajstić information content (AvgIpc) is 2.26. The van der Waals surface area contributed by atoms with Crippen molar-refractivity contribution in [2.24, 2.45) is 0 Å². The van der Waals surface area contributed by atoms with Gasteiger partial charge in [0.1, 0.15) is 0 Å². The Labute approximate surface area is 111 Å². The van der Waals surface area contributed by atoms with E-state index in [1.165, 1.54) is 0 Å². The normalized spacial score (nSPS) is 13.6. The highest BCUT2D eigenvalue weighted by molar-refractivity contribution is 9.10. The molecule has 0 aliphatic rings. The van der Waals surface area contributed by atoms with Crippen LogP contribution >= 0.6 is 15.9 Å².